The molecule has 0 radical (unpaired) electrons. The highest BCUT2D eigenvalue weighted by molar-refractivity contribution is 9.10. The minimum absolute atomic E-state index is 0.0799. The fourth-order valence-corrected chi connectivity index (χ4v) is 3.25. The Kier molecular flexibility index (Phi) is 4.97. The molecule has 3 nitrogen and oxygen atoms in total. The van der Waals surface area contributed by atoms with Gasteiger partial charge in [0.25, 0.3) is 0 Å². The van der Waals surface area contributed by atoms with Crippen molar-refractivity contribution in [1.29, 1.82) is 0 Å². The molecule has 0 spiro atoms. The van der Waals surface area contributed by atoms with Gasteiger partial charge in [0.15, 0.2) is 11.5 Å². The molecule has 4 heteroatoms. The second-order valence-electron chi connectivity index (χ2n) is 6.22. The van der Waals surface area contributed by atoms with Gasteiger partial charge in [0.1, 0.15) is 13.2 Å². The van der Waals surface area contributed by atoms with Gasteiger partial charge in [-0.2, -0.15) is 0 Å². The van der Waals surface area contributed by atoms with E-state index < -0.39 is 0 Å². The highest BCUT2D eigenvalue weighted by Gasteiger charge is 2.26. The minimum Gasteiger partial charge on any atom is -0.486 e. The lowest BCUT2D eigenvalue weighted by atomic mass is 9.81. The zero-order valence-electron chi connectivity index (χ0n) is 12.8. The first kappa shape index (κ1) is 15.6. The first-order valence-electron chi connectivity index (χ1n) is 7.23. The molecular weight excluding hydrogens is 318 g/mol. The van der Waals surface area contributed by atoms with E-state index in [0.29, 0.717) is 19.3 Å². The lowest BCUT2D eigenvalue weighted by molar-refractivity contribution is 0.171. The van der Waals surface area contributed by atoms with Crippen molar-refractivity contribution in [2.24, 2.45) is 0 Å². The van der Waals surface area contributed by atoms with Crippen LogP contribution in [0.1, 0.15) is 39.7 Å². The smallest absolute Gasteiger partial charge is 0.162 e. The topological polar surface area (TPSA) is 30.5 Å². The summed E-state index contributed by atoms with van der Waals surface area (Å²) in [6.07, 6.45) is 1.07. The number of halogens is 1. The summed E-state index contributed by atoms with van der Waals surface area (Å²) in [5.74, 6) is 1.70. The van der Waals surface area contributed by atoms with Crippen LogP contribution in [0.25, 0.3) is 0 Å². The Morgan fingerprint density at radius 2 is 1.80 bits per heavy atom. The number of hydrogen-bond acceptors (Lipinski definition) is 3. The summed E-state index contributed by atoms with van der Waals surface area (Å²) in [4.78, 5) is 0. The maximum atomic E-state index is 5.70. The van der Waals surface area contributed by atoms with Crippen molar-refractivity contribution >= 4 is 15.9 Å². The third kappa shape index (κ3) is 3.67. The molecule has 0 saturated carbocycles. The number of ether oxygens (including phenoxy) is 2. The van der Waals surface area contributed by atoms with Crippen LogP contribution in [0, 0.1) is 0 Å². The summed E-state index contributed by atoms with van der Waals surface area (Å²) < 4.78 is 12.4. The van der Waals surface area contributed by atoms with Gasteiger partial charge in [-0.1, -0.05) is 43.6 Å². The predicted molar refractivity (Wildman–Crippen MR) is 85.9 cm³/mol. The Morgan fingerprint density at radius 3 is 2.40 bits per heavy atom. The standard InChI is InChI=1S/C16H24BrNO2/c1-11(2)18-6-5-16(3,4)12-9-14-15(10-13(12)17)20-8-7-19-14/h9-11,18H,5-8H2,1-4H3. The van der Waals surface area contributed by atoms with Crippen LogP contribution < -0.4 is 14.8 Å². The molecule has 1 heterocycles. The summed E-state index contributed by atoms with van der Waals surface area (Å²) in [5, 5.41) is 3.48. The van der Waals surface area contributed by atoms with Crippen LogP contribution in [0.4, 0.5) is 0 Å². The number of rotatable bonds is 5. The Labute approximate surface area is 130 Å². The second-order valence-corrected chi connectivity index (χ2v) is 7.07. The molecular formula is C16H24BrNO2. The molecule has 1 aliphatic rings. The van der Waals surface area contributed by atoms with E-state index in [2.05, 4.69) is 55.0 Å². The van der Waals surface area contributed by atoms with Crippen LogP contribution in [0.3, 0.4) is 0 Å². The van der Waals surface area contributed by atoms with Crippen LogP contribution in [0.2, 0.25) is 0 Å². The van der Waals surface area contributed by atoms with E-state index in [0.717, 1.165) is 28.9 Å². The van der Waals surface area contributed by atoms with E-state index in [4.69, 9.17) is 9.47 Å². The van der Waals surface area contributed by atoms with E-state index in [9.17, 15) is 0 Å². The molecule has 0 bridgehead atoms. The number of benzene rings is 1. The van der Waals surface area contributed by atoms with Gasteiger partial charge in [-0.25, -0.2) is 0 Å². The van der Waals surface area contributed by atoms with Gasteiger partial charge in [0.2, 0.25) is 0 Å². The second kappa shape index (κ2) is 6.35. The summed E-state index contributed by atoms with van der Waals surface area (Å²) in [6, 6.07) is 4.67. The number of hydrogen-bond donors (Lipinski definition) is 1. The molecule has 1 N–H and O–H groups in total. The SMILES string of the molecule is CC(C)NCCC(C)(C)c1cc2c(cc1Br)OCCO2. The maximum absolute atomic E-state index is 5.70. The third-order valence-electron chi connectivity index (χ3n) is 3.66. The monoisotopic (exact) mass is 341 g/mol. The first-order valence-corrected chi connectivity index (χ1v) is 8.02. The van der Waals surface area contributed by atoms with Gasteiger partial charge < -0.3 is 14.8 Å². The molecule has 0 aromatic heterocycles. The van der Waals surface area contributed by atoms with Crippen LogP contribution in [-0.4, -0.2) is 25.8 Å². The first-order chi connectivity index (χ1) is 9.40. The van der Waals surface area contributed by atoms with Crippen molar-refractivity contribution in [2.45, 2.75) is 45.6 Å². The molecule has 1 aromatic rings. The molecule has 0 unspecified atom stereocenters. The fraction of sp³-hybridized carbons (Fsp3) is 0.625. The maximum Gasteiger partial charge on any atom is 0.162 e. The van der Waals surface area contributed by atoms with Crippen molar-refractivity contribution in [2.75, 3.05) is 19.8 Å². The highest BCUT2D eigenvalue weighted by Crippen LogP contribution is 2.41. The Bertz CT molecular complexity index is 472. The molecule has 20 heavy (non-hydrogen) atoms. The van der Waals surface area contributed by atoms with Crippen LogP contribution in [-0.2, 0) is 5.41 Å². The largest absolute Gasteiger partial charge is 0.486 e. The van der Waals surface area contributed by atoms with E-state index in [1.165, 1.54) is 5.56 Å². The zero-order chi connectivity index (χ0) is 14.8. The molecule has 0 fully saturated rings. The molecule has 0 atom stereocenters. The number of nitrogens with one attached hydrogen (secondary N) is 1. The lowest BCUT2D eigenvalue weighted by Crippen LogP contribution is -2.30. The Balaban J connectivity index is 2.17. The van der Waals surface area contributed by atoms with Crippen molar-refractivity contribution < 1.29 is 9.47 Å². The summed E-state index contributed by atoms with van der Waals surface area (Å²) in [5.41, 5.74) is 1.35. The van der Waals surface area contributed by atoms with E-state index in [-0.39, 0.29) is 5.41 Å². The van der Waals surface area contributed by atoms with Crippen molar-refractivity contribution in [3.8, 4) is 11.5 Å². The van der Waals surface area contributed by atoms with Gasteiger partial charge >= 0.3 is 0 Å². The average Bonchev–Trinajstić information content (AvgIpc) is 2.37. The third-order valence-corrected chi connectivity index (χ3v) is 4.32. The lowest BCUT2D eigenvalue weighted by Gasteiger charge is -2.29. The number of fused-ring (bicyclic) bond motifs is 1. The van der Waals surface area contributed by atoms with Gasteiger partial charge in [0.05, 0.1) is 0 Å². The van der Waals surface area contributed by atoms with E-state index in [1.807, 2.05) is 6.07 Å². The van der Waals surface area contributed by atoms with Gasteiger partial charge in [-0.05, 0) is 36.1 Å². The Morgan fingerprint density at radius 1 is 1.20 bits per heavy atom. The molecule has 1 aromatic carbocycles. The van der Waals surface area contributed by atoms with Crippen molar-refractivity contribution in [3.05, 3.63) is 22.2 Å². The molecule has 0 amide bonds. The van der Waals surface area contributed by atoms with E-state index in [1.54, 1.807) is 0 Å². The zero-order valence-corrected chi connectivity index (χ0v) is 14.3. The van der Waals surface area contributed by atoms with Gasteiger partial charge in [-0.15, -0.1) is 0 Å². The summed E-state index contributed by atoms with van der Waals surface area (Å²) >= 11 is 3.68. The van der Waals surface area contributed by atoms with Gasteiger partial charge in [0, 0.05) is 10.5 Å². The molecule has 0 saturated heterocycles. The predicted octanol–water partition coefficient (Wildman–Crippen LogP) is 3.89. The quantitative estimate of drug-likeness (QED) is 0.881. The highest BCUT2D eigenvalue weighted by atomic mass is 79.9. The summed E-state index contributed by atoms with van der Waals surface area (Å²) in [6.45, 7) is 11.1. The van der Waals surface area contributed by atoms with Gasteiger partial charge in [-0.3, -0.25) is 0 Å². The molecule has 1 aliphatic heterocycles. The van der Waals surface area contributed by atoms with E-state index >= 15 is 0 Å². The normalized spacial score (nSPS) is 14.7. The van der Waals surface area contributed by atoms with Crippen LogP contribution in [0.15, 0.2) is 16.6 Å². The molecule has 0 aliphatic carbocycles. The molecule has 2 rings (SSSR count). The molecule has 112 valence electrons. The van der Waals surface area contributed by atoms with Crippen molar-refractivity contribution in [3.63, 3.8) is 0 Å². The van der Waals surface area contributed by atoms with Crippen LogP contribution >= 0.6 is 15.9 Å². The minimum atomic E-state index is 0.0799. The Hall–Kier alpha value is -0.740. The van der Waals surface area contributed by atoms with Crippen molar-refractivity contribution in [1.82, 2.24) is 5.32 Å². The fourth-order valence-electron chi connectivity index (χ4n) is 2.39. The average molecular weight is 342 g/mol. The van der Waals surface area contributed by atoms with Crippen LogP contribution in [0.5, 0.6) is 11.5 Å². The summed E-state index contributed by atoms with van der Waals surface area (Å²) in [7, 11) is 0.